The minimum Gasteiger partial charge on any atom is -0.465 e. The van der Waals surface area contributed by atoms with Gasteiger partial charge in [0, 0.05) is 12.6 Å². The summed E-state index contributed by atoms with van der Waals surface area (Å²) in [6.07, 6.45) is 0. The number of Topliss-reactive ketones (excluding diaryl/α,β-unsaturated/α-hetero) is 1. The van der Waals surface area contributed by atoms with Crippen LogP contribution < -0.4 is 4.90 Å². The SMILES string of the molecule is CC(=O)c1cc([C@H]2c3ccccc3N(C(C)=O)[C@H]2c2ccc(C)cc2)oc1C. The summed E-state index contributed by atoms with van der Waals surface area (Å²) in [5, 5.41) is 0. The van der Waals surface area contributed by atoms with E-state index in [4.69, 9.17) is 4.42 Å². The number of para-hydroxylation sites is 1. The van der Waals surface area contributed by atoms with E-state index in [9.17, 15) is 9.59 Å². The number of benzene rings is 2. The number of anilines is 1. The molecule has 2 heterocycles. The fourth-order valence-corrected chi connectivity index (χ4v) is 4.23. The smallest absolute Gasteiger partial charge is 0.224 e. The van der Waals surface area contributed by atoms with Crippen LogP contribution in [0.4, 0.5) is 5.69 Å². The molecule has 1 aromatic heterocycles. The number of fused-ring (bicyclic) bond motifs is 1. The Morgan fingerprint density at radius 3 is 2.25 bits per heavy atom. The van der Waals surface area contributed by atoms with Crippen LogP contribution in [-0.4, -0.2) is 11.7 Å². The quantitative estimate of drug-likeness (QED) is 0.582. The number of hydrogen-bond acceptors (Lipinski definition) is 3. The van der Waals surface area contributed by atoms with Crippen molar-refractivity contribution in [1.82, 2.24) is 0 Å². The summed E-state index contributed by atoms with van der Waals surface area (Å²) in [5.74, 6) is 1.12. The third-order valence-electron chi connectivity index (χ3n) is 5.51. The predicted molar refractivity (Wildman–Crippen MR) is 109 cm³/mol. The van der Waals surface area contributed by atoms with Crippen molar-refractivity contribution in [3.05, 3.63) is 88.4 Å². The standard InChI is InChI=1S/C24H23NO3/c1-14-9-11-18(12-10-14)24-23(22-13-20(15(2)26)16(3)28-22)19-7-5-6-8-21(19)25(24)17(4)27/h5-13,23-24H,1-4H3/t23-,24+/m1/s1. The van der Waals surface area contributed by atoms with Gasteiger partial charge in [0.25, 0.3) is 0 Å². The zero-order valence-corrected chi connectivity index (χ0v) is 16.5. The van der Waals surface area contributed by atoms with Gasteiger partial charge in [-0.1, -0.05) is 48.0 Å². The molecule has 0 radical (unpaired) electrons. The van der Waals surface area contributed by atoms with Crippen LogP contribution >= 0.6 is 0 Å². The van der Waals surface area contributed by atoms with Gasteiger partial charge < -0.3 is 9.32 Å². The van der Waals surface area contributed by atoms with Gasteiger partial charge in [0.05, 0.1) is 17.5 Å². The molecule has 0 saturated heterocycles. The number of carbonyl (C=O) groups is 2. The highest BCUT2D eigenvalue weighted by molar-refractivity contribution is 5.97. The molecule has 28 heavy (non-hydrogen) atoms. The summed E-state index contributed by atoms with van der Waals surface area (Å²) in [6.45, 7) is 6.99. The second-order valence-electron chi connectivity index (χ2n) is 7.46. The van der Waals surface area contributed by atoms with Crippen LogP contribution in [0, 0.1) is 13.8 Å². The highest BCUT2D eigenvalue weighted by Crippen LogP contribution is 2.52. The summed E-state index contributed by atoms with van der Waals surface area (Å²) < 4.78 is 6.06. The molecular formula is C24H23NO3. The Morgan fingerprint density at radius 2 is 1.64 bits per heavy atom. The molecule has 0 fully saturated rings. The number of hydrogen-bond donors (Lipinski definition) is 0. The molecule has 1 aliphatic heterocycles. The molecule has 1 amide bonds. The maximum Gasteiger partial charge on any atom is 0.224 e. The Labute approximate surface area is 164 Å². The third-order valence-corrected chi connectivity index (χ3v) is 5.51. The maximum absolute atomic E-state index is 12.7. The van der Waals surface area contributed by atoms with E-state index < -0.39 is 0 Å². The van der Waals surface area contributed by atoms with Gasteiger partial charge in [-0.2, -0.15) is 0 Å². The number of carbonyl (C=O) groups excluding carboxylic acids is 2. The van der Waals surface area contributed by atoms with E-state index >= 15 is 0 Å². The number of amides is 1. The van der Waals surface area contributed by atoms with Crippen molar-refractivity contribution in [2.75, 3.05) is 4.90 Å². The van der Waals surface area contributed by atoms with Gasteiger partial charge in [0.15, 0.2) is 5.78 Å². The van der Waals surface area contributed by atoms with Gasteiger partial charge in [-0.3, -0.25) is 9.59 Å². The van der Waals surface area contributed by atoms with Crippen LogP contribution in [0.2, 0.25) is 0 Å². The lowest BCUT2D eigenvalue weighted by Gasteiger charge is -2.28. The number of furan rings is 1. The molecule has 1 aliphatic rings. The van der Waals surface area contributed by atoms with E-state index in [0.717, 1.165) is 22.4 Å². The van der Waals surface area contributed by atoms with Crippen molar-refractivity contribution >= 4 is 17.4 Å². The van der Waals surface area contributed by atoms with Crippen molar-refractivity contribution in [3.8, 4) is 0 Å². The summed E-state index contributed by atoms with van der Waals surface area (Å²) in [5.41, 5.74) is 4.73. The minimum atomic E-state index is -0.221. The Balaban J connectivity index is 1.94. The van der Waals surface area contributed by atoms with Crippen LogP contribution in [0.15, 0.2) is 59.0 Å². The maximum atomic E-state index is 12.7. The zero-order valence-electron chi connectivity index (χ0n) is 16.5. The molecule has 2 atom stereocenters. The van der Waals surface area contributed by atoms with Crippen molar-refractivity contribution in [3.63, 3.8) is 0 Å². The predicted octanol–water partition coefficient (Wildman–Crippen LogP) is 5.34. The molecule has 0 unspecified atom stereocenters. The largest absolute Gasteiger partial charge is 0.465 e. The highest BCUT2D eigenvalue weighted by atomic mass is 16.3. The van der Waals surface area contributed by atoms with Crippen molar-refractivity contribution in [2.24, 2.45) is 0 Å². The molecule has 0 saturated carbocycles. The molecule has 4 rings (SSSR count). The molecule has 4 heteroatoms. The van der Waals surface area contributed by atoms with Gasteiger partial charge in [0.1, 0.15) is 11.5 Å². The van der Waals surface area contributed by atoms with Crippen LogP contribution in [0.5, 0.6) is 0 Å². The molecular weight excluding hydrogens is 350 g/mol. The molecule has 3 aromatic rings. The fourth-order valence-electron chi connectivity index (χ4n) is 4.23. The number of ketones is 1. The van der Waals surface area contributed by atoms with Crippen LogP contribution in [0.1, 0.15) is 64.4 Å². The first-order valence-electron chi connectivity index (χ1n) is 9.45. The molecule has 0 bridgehead atoms. The lowest BCUT2D eigenvalue weighted by Crippen LogP contribution is -2.31. The Hall–Kier alpha value is -3.14. The molecule has 4 nitrogen and oxygen atoms in total. The summed E-state index contributed by atoms with van der Waals surface area (Å²) in [4.78, 5) is 26.5. The van der Waals surface area contributed by atoms with E-state index in [0.29, 0.717) is 17.1 Å². The van der Waals surface area contributed by atoms with Crippen LogP contribution in [0.25, 0.3) is 0 Å². The summed E-state index contributed by atoms with van der Waals surface area (Å²) in [7, 11) is 0. The van der Waals surface area contributed by atoms with E-state index in [-0.39, 0.29) is 23.7 Å². The van der Waals surface area contributed by atoms with E-state index in [1.807, 2.05) is 49.1 Å². The van der Waals surface area contributed by atoms with E-state index in [2.05, 4.69) is 24.3 Å². The van der Waals surface area contributed by atoms with E-state index in [1.54, 1.807) is 13.8 Å². The Morgan fingerprint density at radius 1 is 0.964 bits per heavy atom. The summed E-state index contributed by atoms with van der Waals surface area (Å²) in [6, 6.07) is 17.8. The first-order chi connectivity index (χ1) is 13.4. The molecule has 0 N–H and O–H groups in total. The first kappa shape index (κ1) is 18.2. The second kappa shape index (κ2) is 6.79. The van der Waals surface area contributed by atoms with Gasteiger partial charge >= 0.3 is 0 Å². The Kier molecular flexibility index (Phi) is 4.42. The second-order valence-corrected chi connectivity index (χ2v) is 7.46. The number of rotatable bonds is 3. The monoisotopic (exact) mass is 373 g/mol. The fraction of sp³-hybridized carbons (Fsp3) is 0.250. The van der Waals surface area contributed by atoms with Crippen molar-refractivity contribution < 1.29 is 14.0 Å². The van der Waals surface area contributed by atoms with Crippen molar-refractivity contribution in [1.29, 1.82) is 0 Å². The summed E-state index contributed by atoms with van der Waals surface area (Å²) >= 11 is 0. The Bertz CT molecular complexity index is 1060. The van der Waals surface area contributed by atoms with Crippen LogP contribution in [-0.2, 0) is 4.79 Å². The molecule has 2 aromatic carbocycles. The topological polar surface area (TPSA) is 50.5 Å². The first-order valence-corrected chi connectivity index (χ1v) is 9.45. The lowest BCUT2D eigenvalue weighted by atomic mass is 9.87. The van der Waals surface area contributed by atoms with E-state index in [1.165, 1.54) is 0 Å². The molecule has 142 valence electrons. The van der Waals surface area contributed by atoms with Gasteiger partial charge in [-0.05, 0) is 44.0 Å². The normalized spacial score (nSPS) is 18.2. The van der Waals surface area contributed by atoms with Crippen LogP contribution in [0.3, 0.4) is 0 Å². The minimum absolute atomic E-state index is 0.0180. The average molecular weight is 373 g/mol. The number of nitrogens with zero attached hydrogens (tertiary/aromatic N) is 1. The molecule has 0 aliphatic carbocycles. The average Bonchev–Trinajstić information content (AvgIpc) is 3.20. The zero-order chi connectivity index (χ0) is 20.0. The number of aryl methyl sites for hydroxylation is 2. The third kappa shape index (κ3) is 2.85. The van der Waals surface area contributed by atoms with Gasteiger partial charge in [-0.15, -0.1) is 0 Å². The molecule has 0 spiro atoms. The van der Waals surface area contributed by atoms with Gasteiger partial charge in [0.2, 0.25) is 5.91 Å². The lowest BCUT2D eigenvalue weighted by molar-refractivity contribution is -0.117. The highest BCUT2D eigenvalue weighted by Gasteiger charge is 2.44. The van der Waals surface area contributed by atoms with Gasteiger partial charge in [-0.25, -0.2) is 0 Å². The van der Waals surface area contributed by atoms with Crippen molar-refractivity contribution in [2.45, 2.75) is 39.7 Å².